The molecule has 0 radical (unpaired) electrons. The van der Waals surface area contributed by atoms with Gasteiger partial charge >= 0.3 is 0 Å². The van der Waals surface area contributed by atoms with Crippen LogP contribution in [0.2, 0.25) is 0 Å². The Morgan fingerprint density at radius 3 is 1.56 bits per heavy atom. The van der Waals surface area contributed by atoms with Gasteiger partial charge in [0.1, 0.15) is 4.75 Å². The van der Waals surface area contributed by atoms with Crippen LogP contribution in [-0.4, -0.2) is 47.6 Å². The molecule has 27 heavy (non-hydrogen) atoms. The predicted octanol–water partition coefficient (Wildman–Crippen LogP) is 7.07. The molecule has 0 fully saturated rings. The number of carbonyl (C=O) groups is 1. The van der Waals surface area contributed by atoms with Crippen molar-refractivity contribution in [1.29, 1.82) is 0 Å². The highest BCUT2D eigenvalue weighted by atomic mass is 32.2. The molecule has 0 amide bonds. The molecule has 0 aromatic rings. The molecule has 0 aromatic carbocycles. The van der Waals surface area contributed by atoms with Gasteiger partial charge in [-0.2, -0.15) is 0 Å². The minimum atomic E-state index is -0.139. The van der Waals surface area contributed by atoms with E-state index in [-0.39, 0.29) is 35.1 Å². The van der Waals surface area contributed by atoms with Crippen molar-refractivity contribution in [2.24, 2.45) is 0 Å². The smallest absolute Gasteiger partial charge is 0.243 e. The Balaban J connectivity index is 3.50. The molecule has 0 saturated carbocycles. The van der Waals surface area contributed by atoms with Crippen molar-refractivity contribution in [2.45, 2.75) is 93.5 Å². The quantitative estimate of drug-likeness (QED) is 0.371. The molecule has 1 atom stereocenters. The van der Waals surface area contributed by atoms with Crippen molar-refractivity contribution in [3.05, 3.63) is 9.81 Å². The molecule has 1 aliphatic carbocycles. The second kappa shape index (κ2) is 9.11. The van der Waals surface area contributed by atoms with Gasteiger partial charge in [0.15, 0.2) is 0 Å². The summed E-state index contributed by atoms with van der Waals surface area (Å²) in [6.07, 6.45) is 4.50. The summed E-state index contributed by atoms with van der Waals surface area (Å²) in [5.74, 6) is 0.853. The fraction of sp³-hybridized carbons (Fsp3) is 0.857. The van der Waals surface area contributed by atoms with E-state index in [4.69, 9.17) is 0 Å². The molecule has 0 aromatic heterocycles. The first-order valence-electron chi connectivity index (χ1n) is 9.51. The summed E-state index contributed by atoms with van der Waals surface area (Å²) in [6.45, 7) is 22.6. The van der Waals surface area contributed by atoms with Gasteiger partial charge in [-0.3, -0.25) is 4.79 Å². The largest absolute Gasteiger partial charge is 0.281 e. The Bertz CT molecular complexity index is 547. The fourth-order valence-corrected chi connectivity index (χ4v) is 11.3. The van der Waals surface area contributed by atoms with Crippen LogP contribution in [-0.2, 0) is 15.7 Å². The highest BCUT2D eigenvalue weighted by Gasteiger charge is 2.68. The minimum absolute atomic E-state index is 0.0157. The average Bonchev–Trinajstić information content (AvgIpc) is 2.88. The monoisotopic (exact) mass is 467 g/mol. The van der Waals surface area contributed by atoms with Crippen LogP contribution in [0.15, 0.2) is 9.81 Å². The summed E-state index contributed by atoms with van der Waals surface area (Å²) >= 11 is 7.49. The van der Waals surface area contributed by atoms with E-state index in [1.54, 1.807) is 0 Å². The van der Waals surface area contributed by atoms with Crippen LogP contribution in [0.25, 0.3) is 0 Å². The van der Waals surface area contributed by atoms with E-state index in [1.165, 1.54) is 21.6 Å². The lowest BCUT2D eigenvalue weighted by atomic mass is 10.2. The van der Waals surface area contributed by atoms with Crippen molar-refractivity contribution < 1.29 is 4.79 Å². The van der Waals surface area contributed by atoms with E-state index >= 15 is 0 Å². The van der Waals surface area contributed by atoms with Gasteiger partial charge in [-0.1, -0.05) is 81.0 Å². The van der Waals surface area contributed by atoms with Crippen LogP contribution >= 0.6 is 47.0 Å². The lowest BCUT2D eigenvalue weighted by Crippen LogP contribution is -2.44. The molecule has 0 aliphatic heterocycles. The van der Waals surface area contributed by atoms with Gasteiger partial charge in [0.2, 0.25) is 10.4 Å². The fourth-order valence-electron chi connectivity index (χ4n) is 2.87. The zero-order valence-electron chi connectivity index (χ0n) is 19.2. The molecule has 6 heteroatoms. The van der Waals surface area contributed by atoms with Gasteiger partial charge in [-0.25, -0.2) is 0 Å². The molecule has 158 valence electrons. The zero-order chi connectivity index (χ0) is 21.4. The summed E-state index contributed by atoms with van der Waals surface area (Å²) in [5.41, 5.74) is 0. The summed E-state index contributed by atoms with van der Waals surface area (Å²) < 4.78 is 0.244. The SMILES string of the molecule is CCSC(=O)C([S+](C)C)C1(SC(C)(C)C)C(SC(C)(C)C)=C1SC(C)(C)C. The van der Waals surface area contributed by atoms with Gasteiger partial charge in [-0.15, -0.1) is 35.3 Å². The molecule has 1 unspecified atom stereocenters. The van der Waals surface area contributed by atoms with Crippen molar-refractivity contribution >= 4 is 63.1 Å². The molecule has 0 bridgehead atoms. The summed E-state index contributed by atoms with van der Waals surface area (Å²) in [7, 11) is 0.0157. The maximum atomic E-state index is 13.3. The van der Waals surface area contributed by atoms with Crippen LogP contribution in [0.4, 0.5) is 0 Å². The molecule has 0 spiro atoms. The minimum Gasteiger partial charge on any atom is -0.281 e. The third-order valence-electron chi connectivity index (χ3n) is 3.44. The lowest BCUT2D eigenvalue weighted by Gasteiger charge is -2.33. The Morgan fingerprint density at radius 2 is 1.30 bits per heavy atom. The number of hydrogen-bond acceptors (Lipinski definition) is 5. The summed E-state index contributed by atoms with van der Waals surface area (Å²) in [6, 6.07) is 0. The topological polar surface area (TPSA) is 17.1 Å². The van der Waals surface area contributed by atoms with Crippen LogP contribution in [0.5, 0.6) is 0 Å². The normalized spacial score (nSPS) is 18.9. The molecule has 1 aliphatic rings. The lowest BCUT2D eigenvalue weighted by molar-refractivity contribution is -0.110. The van der Waals surface area contributed by atoms with Gasteiger partial charge in [-0.05, 0) is 16.6 Å². The van der Waals surface area contributed by atoms with Crippen molar-refractivity contribution in [3.63, 3.8) is 0 Å². The molecule has 0 heterocycles. The van der Waals surface area contributed by atoms with Gasteiger partial charge in [0.25, 0.3) is 0 Å². The molecular weight excluding hydrogens is 429 g/mol. The highest BCUT2D eigenvalue weighted by molar-refractivity contribution is 8.17. The van der Waals surface area contributed by atoms with E-state index < -0.39 is 0 Å². The first-order chi connectivity index (χ1) is 11.9. The predicted molar refractivity (Wildman–Crippen MR) is 138 cm³/mol. The van der Waals surface area contributed by atoms with E-state index in [9.17, 15) is 4.79 Å². The van der Waals surface area contributed by atoms with Crippen molar-refractivity contribution in [1.82, 2.24) is 0 Å². The van der Waals surface area contributed by atoms with Crippen molar-refractivity contribution in [3.8, 4) is 0 Å². The molecular formula is C21H39OS5+. The number of carbonyl (C=O) groups excluding carboxylic acids is 1. The second-order valence-electron chi connectivity index (χ2n) is 10.0. The van der Waals surface area contributed by atoms with Gasteiger partial charge in [0.05, 0.1) is 12.5 Å². The van der Waals surface area contributed by atoms with Crippen LogP contribution in [0, 0.1) is 0 Å². The molecule has 1 rings (SSSR count). The first-order valence-corrected chi connectivity index (χ1v) is 15.0. The number of hydrogen-bond donors (Lipinski definition) is 0. The highest BCUT2D eigenvalue weighted by Crippen LogP contribution is 2.71. The van der Waals surface area contributed by atoms with E-state index in [1.807, 2.05) is 35.3 Å². The Morgan fingerprint density at radius 1 is 0.889 bits per heavy atom. The van der Waals surface area contributed by atoms with E-state index in [0.717, 1.165) is 5.75 Å². The number of thioether (sulfide) groups is 4. The standard InChI is InChI=1S/C21H39OS5/c1-13-23-17(22)16(27(11)12)21(26-20(8,9)10)14(24-18(2,3)4)15(21)25-19(5,6)7/h16H,13H2,1-12H3/q+1. The Kier molecular flexibility index (Phi) is 8.84. The third kappa shape index (κ3) is 7.41. The Labute approximate surface area is 188 Å². The molecule has 0 saturated heterocycles. The first kappa shape index (κ1) is 26.2. The van der Waals surface area contributed by atoms with Gasteiger partial charge < -0.3 is 0 Å². The summed E-state index contributed by atoms with van der Waals surface area (Å²) in [4.78, 5) is 16.2. The second-order valence-corrected chi connectivity index (χ2v) is 19.3. The van der Waals surface area contributed by atoms with Crippen LogP contribution in [0.1, 0.15) is 69.2 Å². The maximum absolute atomic E-state index is 13.3. The molecule has 0 N–H and O–H groups in total. The third-order valence-corrected chi connectivity index (χ3v) is 10.7. The zero-order valence-corrected chi connectivity index (χ0v) is 23.3. The Hall–Kier alpha value is 1.16. The van der Waals surface area contributed by atoms with Crippen molar-refractivity contribution in [2.75, 3.05) is 18.3 Å². The van der Waals surface area contributed by atoms with Crippen LogP contribution in [0.3, 0.4) is 0 Å². The van der Waals surface area contributed by atoms with Crippen LogP contribution < -0.4 is 0 Å². The average molecular weight is 468 g/mol. The maximum Gasteiger partial charge on any atom is 0.243 e. The number of rotatable bonds is 7. The van der Waals surface area contributed by atoms with E-state index in [2.05, 4.69) is 81.7 Å². The summed E-state index contributed by atoms with van der Waals surface area (Å²) in [5, 5.41) is 0.431. The van der Waals surface area contributed by atoms with Gasteiger partial charge in [0, 0.05) is 24.1 Å². The molecule has 1 nitrogen and oxygen atoms in total. The van der Waals surface area contributed by atoms with E-state index in [0.29, 0.717) is 5.12 Å².